The molecule has 1 aromatic heterocycles. The SMILES string of the molecule is COC(=O)c1ccc(-n2c(C)cc(C(=O)COC(=O)C34CC5CC(CC(C5)C3)C4)c2C)cc1. The van der Waals surface area contributed by atoms with Gasteiger partial charge in [0.05, 0.1) is 18.1 Å². The summed E-state index contributed by atoms with van der Waals surface area (Å²) in [6.45, 7) is 3.60. The fourth-order valence-corrected chi connectivity index (χ4v) is 7.03. The molecule has 0 saturated heterocycles. The van der Waals surface area contributed by atoms with Gasteiger partial charge in [0.15, 0.2) is 6.61 Å². The van der Waals surface area contributed by atoms with Crippen molar-refractivity contribution in [1.29, 1.82) is 0 Å². The Hall–Kier alpha value is -2.89. The van der Waals surface area contributed by atoms with Crippen LogP contribution in [0.1, 0.15) is 70.6 Å². The Labute approximate surface area is 194 Å². The quantitative estimate of drug-likeness (QED) is 0.467. The fourth-order valence-electron chi connectivity index (χ4n) is 7.03. The molecule has 33 heavy (non-hydrogen) atoms. The van der Waals surface area contributed by atoms with E-state index in [-0.39, 0.29) is 29.7 Å². The summed E-state index contributed by atoms with van der Waals surface area (Å²) in [4.78, 5) is 37.8. The van der Waals surface area contributed by atoms with Gasteiger partial charge in [0.2, 0.25) is 5.78 Å². The van der Waals surface area contributed by atoms with Crippen LogP contribution in [-0.2, 0) is 14.3 Å². The Balaban J connectivity index is 1.29. The van der Waals surface area contributed by atoms with E-state index in [9.17, 15) is 14.4 Å². The molecule has 6 rings (SSSR count). The van der Waals surface area contributed by atoms with E-state index in [1.54, 1.807) is 12.1 Å². The number of aryl methyl sites for hydroxylation is 1. The Kier molecular flexibility index (Phi) is 5.42. The Morgan fingerprint density at radius 1 is 0.970 bits per heavy atom. The molecular formula is C27H31NO5. The molecule has 4 bridgehead atoms. The largest absolute Gasteiger partial charge is 0.465 e. The van der Waals surface area contributed by atoms with Crippen molar-refractivity contribution >= 4 is 17.7 Å². The minimum absolute atomic E-state index is 0.165. The van der Waals surface area contributed by atoms with Crippen LogP contribution in [0.5, 0.6) is 0 Å². The summed E-state index contributed by atoms with van der Waals surface area (Å²) in [5.41, 5.74) is 3.21. The van der Waals surface area contributed by atoms with Gasteiger partial charge in [-0.15, -0.1) is 0 Å². The molecule has 2 aromatic rings. The summed E-state index contributed by atoms with van der Waals surface area (Å²) < 4.78 is 12.4. The molecule has 0 N–H and O–H groups in total. The maximum Gasteiger partial charge on any atom is 0.337 e. The molecule has 0 unspecified atom stereocenters. The molecule has 4 saturated carbocycles. The molecule has 1 aromatic carbocycles. The number of ketones is 1. The van der Waals surface area contributed by atoms with E-state index in [1.165, 1.54) is 26.4 Å². The third-order valence-electron chi connectivity index (χ3n) is 8.08. The van der Waals surface area contributed by atoms with Crippen molar-refractivity contribution in [2.75, 3.05) is 13.7 Å². The first-order valence-corrected chi connectivity index (χ1v) is 11.9. The minimum atomic E-state index is -0.390. The molecule has 0 atom stereocenters. The number of nitrogens with zero attached hydrogens (tertiary/aromatic N) is 1. The van der Waals surface area contributed by atoms with Gasteiger partial charge in [0, 0.05) is 22.6 Å². The Morgan fingerprint density at radius 2 is 1.55 bits per heavy atom. The number of rotatable bonds is 6. The van der Waals surface area contributed by atoms with Gasteiger partial charge >= 0.3 is 11.9 Å². The van der Waals surface area contributed by atoms with Gasteiger partial charge < -0.3 is 14.0 Å². The maximum atomic E-state index is 13.1. The third-order valence-corrected chi connectivity index (χ3v) is 8.08. The summed E-state index contributed by atoms with van der Waals surface area (Å²) in [6.07, 6.45) is 6.58. The smallest absolute Gasteiger partial charge is 0.337 e. The molecule has 4 aliphatic carbocycles. The molecule has 0 aliphatic heterocycles. The highest BCUT2D eigenvalue weighted by atomic mass is 16.5. The van der Waals surface area contributed by atoms with Crippen molar-refractivity contribution in [3.8, 4) is 5.69 Å². The lowest BCUT2D eigenvalue weighted by Gasteiger charge is -2.55. The number of hydrogen-bond acceptors (Lipinski definition) is 5. The highest BCUT2D eigenvalue weighted by Gasteiger charge is 2.55. The van der Waals surface area contributed by atoms with Crippen molar-refractivity contribution in [3.63, 3.8) is 0 Å². The second kappa shape index (κ2) is 8.15. The maximum absolute atomic E-state index is 13.1. The van der Waals surface area contributed by atoms with Crippen LogP contribution in [0.3, 0.4) is 0 Å². The standard InChI is InChI=1S/C27H31NO5/c1-16-8-23(17(2)28(16)22-6-4-21(5-7-22)25(30)32-3)24(29)15-33-26(31)27-12-18-9-19(13-27)11-20(10-18)14-27/h4-8,18-20H,9-15H2,1-3H3. The average Bonchev–Trinajstić information content (AvgIpc) is 3.09. The van der Waals surface area contributed by atoms with Gasteiger partial charge in [0.25, 0.3) is 0 Å². The minimum Gasteiger partial charge on any atom is -0.465 e. The number of ether oxygens (including phenoxy) is 2. The second-order valence-corrected chi connectivity index (χ2v) is 10.4. The van der Waals surface area contributed by atoms with Crippen molar-refractivity contribution < 1.29 is 23.9 Å². The van der Waals surface area contributed by atoms with Crippen molar-refractivity contribution in [1.82, 2.24) is 4.57 Å². The molecule has 4 aliphatic rings. The zero-order chi connectivity index (χ0) is 23.3. The van der Waals surface area contributed by atoms with Crippen LogP contribution in [-0.4, -0.2) is 36.0 Å². The van der Waals surface area contributed by atoms with Crippen LogP contribution < -0.4 is 0 Å². The van der Waals surface area contributed by atoms with Gasteiger partial charge in [-0.1, -0.05) is 0 Å². The molecule has 0 radical (unpaired) electrons. The molecule has 6 nitrogen and oxygen atoms in total. The van der Waals surface area contributed by atoms with Crippen LogP contribution in [0.2, 0.25) is 0 Å². The molecule has 0 amide bonds. The van der Waals surface area contributed by atoms with Gasteiger partial charge in [-0.05, 0) is 100 Å². The molecule has 0 spiro atoms. The normalized spacial score (nSPS) is 27.4. The summed E-state index contributed by atoms with van der Waals surface area (Å²) >= 11 is 0. The monoisotopic (exact) mass is 449 g/mol. The van der Waals surface area contributed by atoms with E-state index in [2.05, 4.69) is 0 Å². The highest BCUT2D eigenvalue weighted by molar-refractivity contribution is 5.99. The Morgan fingerprint density at radius 3 is 2.09 bits per heavy atom. The van der Waals surface area contributed by atoms with Crippen LogP contribution in [0.4, 0.5) is 0 Å². The zero-order valence-corrected chi connectivity index (χ0v) is 19.6. The summed E-state index contributed by atoms with van der Waals surface area (Å²) in [5, 5.41) is 0. The van der Waals surface area contributed by atoms with E-state index in [0.717, 1.165) is 36.3 Å². The number of carbonyl (C=O) groups is 3. The number of hydrogen-bond donors (Lipinski definition) is 0. The summed E-state index contributed by atoms with van der Waals surface area (Å²) in [6, 6.07) is 8.90. The van der Waals surface area contributed by atoms with Gasteiger partial charge in [-0.3, -0.25) is 9.59 Å². The van der Waals surface area contributed by atoms with Crippen LogP contribution in [0.25, 0.3) is 5.69 Å². The molecule has 6 heteroatoms. The predicted octanol–water partition coefficient (Wildman–Crippen LogP) is 4.82. The molecular weight excluding hydrogens is 418 g/mol. The van der Waals surface area contributed by atoms with Crippen LogP contribution in [0, 0.1) is 37.0 Å². The molecule has 174 valence electrons. The van der Waals surface area contributed by atoms with Gasteiger partial charge in [0.1, 0.15) is 0 Å². The first-order chi connectivity index (χ1) is 15.8. The van der Waals surface area contributed by atoms with Crippen LogP contribution >= 0.6 is 0 Å². The lowest BCUT2D eigenvalue weighted by molar-refractivity contribution is -0.170. The molecule has 1 heterocycles. The van der Waals surface area contributed by atoms with E-state index < -0.39 is 0 Å². The number of aromatic nitrogens is 1. The van der Waals surface area contributed by atoms with Gasteiger partial charge in [-0.25, -0.2) is 4.79 Å². The third kappa shape index (κ3) is 3.79. The van der Waals surface area contributed by atoms with E-state index in [0.29, 0.717) is 28.9 Å². The van der Waals surface area contributed by atoms with Crippen molar-refractivity contribution in [3.05, 3.63) is 52.8 Å². The number of methoxy groups -OCH3 is 1. The topological polar surface area (TPSA) is 74.6 Å². The number of benzene rings is 1. The average molecular weight is 450 g/mol. The first-order valence-electron chi connectivity index (χ1n) is 11.9. The van der Waals surface area contributed by atoms with Crippen molar-refractivity contribution in [2.24, 2.45) is 23.2 Å². The Bertz CT molecular complexity index is 1070. The predicted molar refractivity (Wildman–Crippen MR) is 122 cm³/mol. The fraction of sp³-hybridized carbons (Fsp3) is 0.519. The second-order valence-electron chi connectivity index (χ2n) is 10.4. The first kappa shape index (κ1) is 21.9. The lowest BCUT2D eigenvalue weighted by atomic mass is 9.49. The van der Waals surface area contributed by atoms with Gasteiger partial charge in [-0.2, -0.15) is 0 Å². The van der Waals surface area contributed by atoms with E-state index >= 15 is 0 Å². The van der Waals surface area contributed by atoms with Crippen molar-refractivity contribution in [2.45, 2.75) is 52.4 Å². The summed E-state index contributed by atoms with van der Waals surface area (Å²) in [7, 11) is 1.35. The number of carbonyl (C=O) groups excluding carboxylic acids is 3. The van der Waals surface area contributed by atoms with E-state index in [4.69, 9.17) is 9.47 Å². The lowest BCUT2D eigenvalue weighted by Crippen LogP contribution is -2.50. The van der Waals surface area contributed by atoms with Crippen LogP contribution in [0.15, 0.2) is 30.3 Å². The number of esters is 2. The molecule has 4 fully saturated rings. The number of Topliss-reactive ketones (excluding diaryl/α,β-unsaturated/α-hetero) is 1. The highest BCUT2D eigenvalue weighted by Crippen LogP contribution is 2.60. The van der Waals surface area contributed by atoms with E-state index in [1.807, 2.05) is 36.6 Å². The summed E-state index contributed by atoms with van der Waals surface area (Å²) in [5.74, 6) is 1.23. The zero-order valence-electron chi connectivity index (χ0n) is 19.6.